The Kier molecular flexibility index (Phi) is 9.86. The molecular weight excluding hydrogens is 518 g/mol. The van der Waals surface area contributed by atoms with Crippen LogP contribution in [0.2, 0.25) is 0 Å². The average Bonchev–Trinajstić information content (AvgIpc) is 2.85. The van der Waals surface area contributed by atoms with Crippen molar-refractivity contribution in [2.75, 3.05) is 0 Å². The first-order chi connectivity index (χ1) is 18.2. The maximum Gasteiger partial charge on any atom is 0.416 e. The number of allylic oxidation sites excluding steroid dienone is 6. The lowest BCUT2D eigenvalue weighted by atomic mass is 9.95. The summed E-state index contributed by atoms with van der Waals surface area (Å²) in [4.78, 5) is 13.1. The highest BCUT2D eigenvalue weighted by atomic mass is 19.4. The molecule has 39 heavy (non-hydrogen) atoms. The molecule has 2 aliphatic carbocycles. The Bertz CT molecular complexity index is 1250. The van der Waals surface area contributed by atoms with Crippen molar-refractivity contribution in [3.8, 4) is 0 Å². The van der Waals surface area contributed by atoms with Gasteiger partial charge in [0, 0.05) is 0 Å². The standard InChI is InChI=1S/C31H32F6O2/c1-20-6-4-8-21(2)10-11-23-12-13-25(14-22(3)9-5-7-20)28(17-23)29(38)39-19-24-15-26(30(32,33)34)18-27(16-24)31(35,36)37/h6,9-10,12-13,15-18H,4-5,7-8,11,14,19H2,1-3H3/b20-6-,21-10-,22-9-. The van der Waals surface area contributed by atoms with Gasteiger partial charge in [-0.2, -0.15) is 26.3 Å². The highest BCUT2D eigenvalue weighted by molar-refractivity contribution is 5.91. The van der Waals surface area contributed by atoms with Crippen molar-refractivity contribution >= 4 is 5.97 Å². The Hall–Kier alpha value is -3.29. The Balaban J connectivity index is 1.91. The predicted molar refractivity (Wildman–Crippen MR) is 139 cm³/mol. The number of carbonyl (C=O) groups is 1. The number of esters is 1. The minimum atomic E-state index is -4.98. The molecule has 2 nitrogen and oxygen atoms in total. The minimum Gasteiger partial charge on any atom is -0.457 e. The number of benzene rings is 2. The molecule has 2 aromatic carbocycles. The van der Waals surface area contributed by atoms with Gasteiger partial charge in [-0.15, -0.1) is 0 Å². The van der Waals surface area contributed by atoms with Crippen LogP contribution in [0.5, 0.6) is 0 Å². The zero-order valence-corrected chi connectivity index (χ0v) is 22.2. The van der Waals surface area contributed by atoms with Crippen molar-refractivity contribution in [2.24, 2.45) is 0 Å². The van der Waals surface area contributed by atoms with Crippen molar-refractivity contribution < 1.29 is 35.9 Å². The Morgan fingerprint density at radius 2 is 1.33 bits per heavy atom. The highest BCUT2D eigenvalue weighted by Gasteiger charge is 2.37. The lowest BCUT2D eigenvalue weighted by Gasteiger charge is -2.15. The molecule has 0 fully saturated rings. The summed E-state index contributed by atoms with van der Waals surface area (Å²) in [5, 5.41) is 0. The summed E-state index contributed by atoms with van der Waals surface area (Å²) in [6.07, 6.45) is 1.16. The van der Waals surface area contributed by atoms with E-state index >= 15 is 0 Å². The predicted octanol–water partition coefficient (Wildman–Crippen LogP) is 9.58. The number of alkyl halides is 6. The first-order valence-corrected chi connectivity index (χ1v) is 12.8. The maximum absolute atomic E-state index is 13.2. The molecule has 0 heterocycles. The zero-order chi connectivity index (χ0) is 28.8. The third kappa shape index (κ3) is 9.15. The smallest absolute Gasteiger partial charge is 0.416 e. The molecule has 0 saturated carbocycles. The fourth-order valence-corrected chi connectivity index (χ4v) is 4.39. The summed E-state index contributed by atoms with van der Waals surface area (Å²) in [6, 6.07) is 6.63. The molecule has 210 valence electrons. The van der Waals surface area contributed by atoms with Gasteiger partial charge >= 0.3 is 18.3 Å². The molecule has 2 aromatic rings. The van der Waals surface area contributed by atoms with E-state index in [1.807, 2.05) is 26.0 Å². The molecule has 0 aliphatic heterocycles. The lowest BCUT2D eigenvalue weighted by Crippen LogP contribution is -2.13. The molecule has 0 saturated heterocycles. The summed E-state index contributed by atoms with van der Waals surface area (Å²) >= 11 is 0. The van der Waals surface area contributed by atoms with Gasteiger partial charge in [0.25, 0.3) is 0 Å². The minimum absolute atomic E-state index is 0.0495. The number of ether oxygens (including phenoxy) is 1. The van der Waals surface area contributed by atoms with Gasteiger partial charge in [-0.25, -0.2) is 4.79 Å². The SMILES string of the molecule is C/C1=C/CC/C(C)=C\Cc2ccc(c(C(=O)OCc3cc(C(F)(F)F)cc(C(F)(F)F)c3)c2)C/C(C)=C\CC1. The molecule has 2 aliphatic rings. The quantitative estimate of drug-likeness (QED) is 0.216. The number of fused-ring (bicyclic) bond motifs is 10. The summed E-state index contributed by atoms with van der Waals surface area (Å²) in [6.45, 7) is 5.39. The number of carbonyl (C=O) groups excluding carboxylic acids is 1. The molecule has 0 spiro atoms. The number of hydrogen-bond acceptors (Lipinski definition) is 2. The summed E-state index contributed by atoms with van der Waals surface area (Å²) in [5.41, 5.74) is 2.05. The third-order valence-corrected chi connectivity index (χ3v) is 6.63. The molecule has 0 atom stereocenters. The molecule has 0 N–H and O–H groups in total. The third-order valence-electron chi connectivity index (χ3n) is 6.63. The van der Waals surface area contributed by atoms with Gasteiger partial charge in [-0.3, -0.25) is 0 Å². The Labute approximate surface area is 225 Å². The summed E-state index contributed by atoms with van der Waals surface area (Å²) in [5.74, 6) is -0.800. The van der Waals surface area contributed by atoms with Crippen LogP contribution in [0.25, 0.3) is 0 Å². The van der Waals surface area contributed by atoms with E-state index in [2.05, 4.69) is 25.2 Å². The number of halogens is 6. The van der Waals surface area contributed by atoms with E-state index in [9.17, 15) is 31.1 Å². The van der Waals surface area contributed by atoms with Gasteiger partial charge in [0.2, 0.25) is 0 Å². The Morgan fingerprint density at radius 1 is 0.769 bits per heavy atom. The second kappa shape index (κ2) is 12.7. The van der Waals surface area contributed by atoms with E-state index in [-0.39, 0.29) is 11.6 Å². The van der Waals surface area contributed by atoms with E-state index < -0.39 is 41.6 Å². The fourth-order valence-electron chi connectivity index (χ4n) is 4.39. The van der Waals surface area contributed by atoms with E-state index in [1.54, 1.807) is 6.07 Å². The first-order valence-electron chi connectivity index (χ1n) is 12.8. The van der Waals surface area contributed by atoms with E-state index in [1.165, 1.54) is 11.1 Å². The molecule has 0 radical (unpaired) electrons. The topological polar surface area (TPSA) is 26.3 Å². The fraction of sp³-hybridized carbons (Fsp3) is 0.387. The van der Waals surface area contributed by atoms with Gasteiger partial charge in [-0.05, 0) is 100 Å². The van der Waals surface area contributed by atoms with Gasteiger partial charge in [0.15, 0.2) is 0 Å². The Morgan fingerprint density at radius 3 is 1.92 bits per heavy atom. The number of hydrogen-bond donors (Lipinski definition) is 0. The normalized spacial score (nSPS) is 19.9. The zero-order valence-electron chi connectivity index (χ0n) is 22.2. The van der Waals surface area contributed by atoms with Crippen LogP contribution in [0.15, 0.2) is 71.3 Å². The van der Waals surface area contributed by atoms with Crippen molar-refractivity contribution in [2.45, 2.75) is 78.3 Å². The summed E-state index contributed by atoms with van der Waals surface area (Å²) < 4.78 is 84.6. The van der Waals surface area contributed by atoms with Gasteiger partial charge in [0.1, 0.15) is 6.61 Å². The molecule has 8 heteroatoms. The molecule has 0 unspecified atom stereocenters. The monoisotopic (exact) mass is 550 g/mol. The van der Waals surface area contributed by atoms with Crippen molar-refractivity contribution in [3.05, 3.63) is 105 Å². The number of rotatable bonds is 3. The van der Waals surface area contributed by atoms with Crippen LogP contribution >= 0.6 is 0 Å². The van der Waals surface area contributed by atoms with E-state index in [0.29, 0.717) is 30.5 Å². The highest BCUT2D eigenvalue weighted by Crippen LogP contribution is 2.36. The van der Waals surface area contributed by atoms with Crippen LogP contribution in [-0.4, -0.2) is 5.97 Å². The maximum atomic E-state index is 13.2. The van der Waals surface area contributed by atoms with Crippen LogP contribution < -0.4 is 0 Å². The summed E-state index contributed by atoms with van der Waals surface area (Å²) in [7, 11) is 0. The molecule has 0 amide bonds. The largest absolute Gasteiger partial charge is 0.457 e. The molecule has 0 aromatic heterocycles. The molecule has 4 rings (SSSR count). The van der Waals surface area contributed by atoms with Crippen LogP contribution in [0.3, 0.4) is 0 Å². The van der Waals surface area contributed by atoms with E-state index in [0.717, 1.165) is 36.8 Å². The van der Waals surface area contributed by atoms with Crippen LogP contribution in [0.1, 0.15) is 84.6 Å². The van der Waals surface area contributed by atoms with Gasteiger partial charge < -0.3 is 4.74 Å². The van der Waals surface area contributed by atoms with Crippen molar-refractivity contribution in [3.63, 3.8) is 0 Å². The average molecular weight is 551 g/mol. The van der Waals surface area contributed by atoms with Gasteiger partial charge in [-0.1, -0.05) is 47.1 Å². The van der Waals surface area contributed by atoms with E-state index in [4.69, 9.17) is 4.74 Å². The second-order valence-electron chi connectivity index (χ2n) is 10.1. The van der Waals surface area contributed by atoms with Crippen molar-refractivity contribution in [1.82, 2.24) is 0 Å². The van der Waals surface area contributed by atoms with Crippen molar-refractivity contribution in [1.29, 1.82) is 0 Å². The van der Waals surface area contributed by atoms with Crippen LogP contribution in [0.4, 0.5) is 26.3 Å². The molecular formula is C31H32F6O2. The second-order valence-corrected chi connectivity index (χ2v) is 10.1. The molecule has 2 bridgehead atoms. The van der Waals surface area contributed by atoms with Gasteiger partial charge in [0.05, 0.1) is 16.7 Å². The van der Waals surface area contributed by atoms with Crippen LogP contribution in [-0.2, 0) is 36.5 Å². The first kappa shape index (κ1) is 30.3. The van der Waals surface area contributed by atoms with Crippen LogP contribution in [0, 0.1) is 0 Å². The lowest BCUT2D eigenvalue weighted by molar-refractivity contribution is -0.143.